The highest BCUT2D eigenvalue weighted by Gasteiger charge is 2.38. The molecule has 2 aliphatic rings. The van der Waals surface area contributed by atoms with E-state index in [-0.39, 0.29) is 23.6 Å². The van der Waals surface area contributed by atoms with E-state index in [0.717, 1.165) is 41.7 Å². The Morgan fingerprint density at radius 2 is 1.63 bits per heavy atom. The molecule has 226 valence electrons. The molecule has 0 bridgehead atoms. The number of aromatic nitrogens is 1. The Kier molecular flexibility index (Phi) is 9.44. The number of esters is 1. The minimum Gasteiger partial charge on any atom is -0.493 e. The van der Waals surface area contributed by atoms with Gasteiger partial charge < -0.3 is 28.6 Å². The zero-order chi connectivity index (χ0) is 30.3. The van der Waals surface area contributed by atoms with E-state index in [1.807, 2.05) is 30.3 Å². The van der Waals surface area contributed by atoms with Gasteiger partial charge in [-0.1, -0.05) is 6.07 Å². The molecule has 1 aliphatic heterocycles. The molecular weight excluding hydrogens is 552 g/mol. The minimum atomic E-state index is -0.847. The van der Waals surface area contributed by atoms with Gasteiger partial charge in [-0.25, -0.2) is 4.79 Å². The third-order valence-corrected chi connectivity index (χ3v) is 7.94. The van der Waals surface area contributed by atoms with Crippen LogP contribution in [0.4, 0.5) is 0 Å². The molecule has 0 N–H and O–H groups in total. The number of amides is 1. The number of carbonyl (C=O) groups is 3. The monoisotopic (exact) mass is 588 g/mol. The van der Waals surface area contributed by atoms with Crippen LogP contribution >= 0.6 is 0 Å². The molecule has 3 aromatic rings. The first-order valence-electron chi connectivity index (χ1n) is 14.4. The summed E-state index contributed by atoms with van der Waals surface area (Å²) in [6.07, 6.45) is 7.28. The number of rotatable bonds is 10. The van der Waals surface area contributed by atoms with E-state index in [0.29, 0.717) is 31.6 Å². The third kappa shape index (κ3) is 6.58. The zero-order valence-electron chi connectivity index (χ0n) is 24.7. The largest absolute Gasteiger partial charge is 0.493 e. The van der Waals surface area contributed by atoms with Crippen molar-refractivity contribution in [1.29, 1.82) is 0 Å². The Morgan fingerprint density at radius 1 is 0.884 bits per heavy atom. The first-order valence-corrected chi connectivity index (χ1v) is 14.4. The lowest BCUT2D eigenvalue weighted by molar-refractivity contribution is -0.161. The lowest BCUT2D eigenvalue weighted by Gasteiger charge is -2.35. The van der Waals surface area contributed by atoms with Crippen molar-refractivity contribution in [3.05, 3.63) is 77.1 Å². The predicted molar refractivity (Wildman–Crippen MR) is 157 cm³/mol. The van der Waals surface area contributed by atoms with Gasteiger partial charge in [0.25, 0.3) is 11.7 Å². The SMILES string of the molecule is COc1cc(C(=O)C(=O)N2CCCC[C@H]2C(=O)OC2CCCc3cc(OCc4ccncc4)ccc32)cc(OC)c1OC. The fourth-order valence-electron chi connectivity index (χ4n) is 5.71. The summed E-state index contributed by atoms with van der Waals surface area (Å²) in [5.41, 5.74) is 3.12. The molecule has 1 amide bonds. The number of ether oxygens (including phenoxy) is 5. The van der Waals surface area contributed by atoms with E-state index < -0.39 is 29.8 Å². The minimum absolute atomic E-state index is 0.0837. The van der Waals surface area contributed by atoms with Crippen LogP contribution in [0.5, 0.6) is 23.0 Å². The molecule has 0 spiro atoms. The van der Waals surface area contributed by atoms with Crippen molar-refractivity contribution in [2.75, 3.05) is 27.9 Å². The summed E-state index contributed by atoms with van der Waals surface area (Å²) in [4.78, 5) is 45.8. The van der Waals surface area contributed by atoms with Crippen LogP contribution in [-0.2, 0) is 27.4 Å². The van der Waals surface area contributed by atoms with Gasteiger partial charge in [-0.15, -0.1) is 0 Å². The van der Waals surface area contributed by atoms with Crippen molar-refractivity contribution in [3.63, 3.8) is 0 Å². The van der Waals surface area contributed by atoms with E-state index in [1.165, 1.54) is 38.4 Å². The Bertz CT molecular complexity index is 1450. The van der Waals surface area contributed by atoms with Gasteiger partial charge in [0, 0.05) is 24.5 Å². The van der Waals surface area contributed by atoms with E-state index in [4.69, 9.17) is 23.7 Å². The standard InChI is InChI=1S/C33H36N2O8/c1-39-28-18-23(19-29(40-2)31(28)41-3)30(36)32(37)35-16-5-4-8-26(35)33(38)43-27-9-6-7-22-17-24(10-11-25(22)27)42-20-21-12-14-34-15-13-21/h10-15,17-19,26-27H,4-9,16,20H2,1-3H3/t26-,27?/m0/s1. The van der Waals surface area contributed by atoms with Crippen molar-refractivity contribution in [3.8, 4) is 23.0 Å². The molecule has 5 rings (SSSR count). The molecule has 1 unspecified atom stereocenters. The van der Waals surface area contributed by atoms with Crippen LogP contribution in [0.25, 0.3) is 0 Å². The first-order chi connectivity index (χ1) is 20.9. The van der Waals surface area contributed by atoms with Gasteiger partial charge in [0.2, 0.25) is 5.75 Å². The number of pyridine rings is 1. The molecule has 43 heavy (non-hydrogen) atoms. The Labute approximate surface area is 250 Å². The van der Waals surface area contributed by atoms with Gasteiger partial charge in [0.1, 0.15) is 24.5 Å². The lowest BCUT2D eigenvalue weighted by Crippen LogP contribution is -2.51. The average molecular weight is 589 g/mol. The van der Waals surface area contributed by atoms with E-state index >= 15 is 0 Å². The maximum Gasteiger partial charge on any atom is 0.329 e. The number of likely N-dealkylation sites (tertiary alicyclic amines) is 1. The van der Waals surface area contributed by atoms with Gasteiger partial charge in [0.15, 0.2) is 11.5 Å². The molecule has 1 fully saturated rings. The van der Waals surface area contributed by atoms with E-state index in [9.17, 15) is 14.4 Å². The maximum atomic E-state index is 13.5. The number of Topliss-reactive ketones (excluding diaryl/α,β-unsaturated/α-hetero) is 1. The Balaban J connectivity index is 1.29. The van der Waals surface area contributed by atoms with Crippen LogP contribution in [0.2, 0.25) is 0 Å². The normalized spacial score (nSPS) is 17.8. The molecule has 1 aliphatic carbocycles. The Morgan fingerprint density at radius 3 is 2.33 bits per heavy atom. The molecule has 10 heteroatoms. The smallest absolute Gasteiger partial charge is 0.329 e. The molecule has 2 heterocycles. The quantitative estimate of drug-likeness (QED) is 0.186. The Hall–Kier alpha value is -4.60. The summed E-state index contributed by atoms with van der Waals surface area (Å²) in [5.74, 6) is -0.451. The lowest BCUT2D eigenvalue weighted by atomic mass is 9.89. The molecule has 0 saturated carbocycles. The number of nitrogens with zero attached hydrogens (tertiary/aromatic N) is 2. The summed E-state index contributed by atoms with van der Waals surface area (Å²) in [5, 5.41) is 0. The number of benzene rings is 2. The third-order valence-electron chi connectivity index (χ3n) is 7.94. The van der Waals surface area contributed by atoms with Crippen LogP contribution in [0, 0.1) is 0 Å². The summed E-state index contributed by atoms with van der Waals surface area (Å²) in [6, 6.07) is 11.7. The van der Waals surface area contributed by atoms with Crippen molar-refractivity contribution < 1.29 is 38.1 Å². The second-order valence-corrected chi connectivity index (χ2v) is 10.6. The van der Waals surface area contributed by atoms with Gasteiger partial charge in [-0.3, -0.25) is 14.6 Å². The molecule has 1 saturated heterocycles. The van der Waals surface area contributed by atoms with E-state index in [2.05, 4.69) is 4.98 Å². The summed E-state index contributed by atoms with van der Waals surface area (Å²) in [6.45, 7) is 0.717. The number of hydrogen-bond donors (Lipinski definition) is 0. The average Bonchev–Trinajstić information content (AvgIpc) is 3.06. The van der Waals surface area contributed by atoms with Crippen molar-refractivity contribution >= 4 is 17.7 Å². The number of methoxy groups -OCH3 is 3. The number of aryl methyl sites for hydroxylation is 1. The van der Waals surface area contributed by atoms with Crippen molar-refractivity contribution in [2.45, 2.75) is 57.3 Å². The first kappa shape index (κ1) is 29.9. The molecule has 2 atom stereocenters. The van der Waals surface area contributed by atoms with Gasteiger partial charge in [-0.2, -0.15) is 0 Å². The van der Waals surface area contributed by atoms with Gasteiger partial charge >= 0.3 is 5.97 Å². The number of carbonyl (C=O) groups excluding carboxylic acids is 3. The zero-order valence-corrected chi connectivity index (χ0v) is 24.7. The van der Waals surface area contributed by atoms with Crippen molar-refractivity contribution in [1.82, 2.24) is 9.88 Å². The van der Waals surface area contributed by atoms with Crippen LogP contribution in [0.3, 0.4) is 0 Å². The molecule has 1 aromatic heterocycles. The molecular formula is C33H36N2O8. The van der Waals surface area contributed by atoms with Crippen LogP contribution in [0.1, 0.15) is 65.3 Å². The maximum absolute atomic E-state index is 13.5. The van der Waals surface area contributed by atoms with E-state index in [1.54, 1.807) is 12.4 Å². The summed E-state index contributed by atoms with van der Waals surface area (Å²) < 4.78 is 28.0. The van der Waals surface area contributed by atoms with Crippen LogP contribution in [-0.4, -0.2) is 61.5 Å². The highest BCUT2D eigenvalue weighted by atomic mass is 16.5. The second-order valence-electron chi connectivity index (χ2n) is 10.6. The number of fused-ring (bicyclic) bond motifs is 1. The molecule has 2 aromatic carbocycles. The summed E-state index contributed by atoms with van der Waals surface area (Å²) in [7, 11) is 4.33. The summed E-state index contributed by atoms with van der Waals surface area (Å²) >= 11 is 0. The molecule has 10 nitrogen and oxygen atoms in total. The number of piperidine rings is 1. The number of hydrogen-bond acceptors (Lipinski definition) is 9. The fourth-order valence-corrected chi connectivity index (χ4v) is 5.71. The van der Waals surface area contributed by atoms with Crippen LogP contribution in [0.15, 0.2) is 54.9 Å². The number of ketones is 1. The fraction of sp³-hybridized carbons (Fsp3) is 0.394. The van der Waals surface area contributed by atoms with Crippen LogP contribution < -0.4 is 18.9 Å². The van der Waals surface area contributed by atoms with Gasteiger partial charge in [-0.05, 0) is 91.6 Å². The predicted octanol–water partition coefficient (Wildman–Crippen LogP) is 4.87. The van der Waals surface area contributed by atoms with Crippen molar-refractivity contribution in [2.24, 2.45) is 0 Å². The van der Waals surface area contributed by atoms with Gasteiger partial charge in [0.05, 0.1) is 21.3 Å². The highest BCUT2D eigenvalue weighted by molar-refractivity contribution is 6.43. The molecule has 0 radical (unpaired) electrons. The highest BCUT2D eigenvalue weighted by Crippen LogP contribution is 2.39. The second kappa shape index (κ2) is 13.6. The topological polar surface area (TPSA) is 113 Å².